The monoisotopic (exact) mass is 503 g/mol. The molecule has 0 atom stereocenters. The minimum absolute atomic E-state index is 0.00815. The summed E-state index contributed by atoms with van der Waals surface area (Å²) in [4.78, 5) is 45.5. The summed E-state index contributed by atoms with van der Waals surface area (Å²) < 4.78 is 10.8. The first kappa shape index (κ1) is 23.8. The van der Waals surface area contributed by atoms with E-state index in [0.29, 0.717) is 55.2 Å². The van der Waals surface area contributed by atoms with Gasteiger partial charge in [-0.25, -0.2) is 0 Å². The van der Waals surface area contributed by atoms with Gasteiger partial charge in [-0.15, -0.1) is 0 Å². The third-order valence-electron chi connectivity index (χ3n) is 8.13. The second kappa shape index (κ2) is 10.1. The second-order valence-corrected chi connectivity index (χ2v) is 10.4. The number of nitrogens with zero attached hydrogens (tertiary/aromatic N) is 3. The summed E-state index contributed by atoms with van der Waals surface area (Å²) in [5.74, 6) is 1.16. The smallest absolute Gasteiger partial charge is 0.263 e. The van der Waals surface area contributed by atoms with Crippen molar-refractivity contribution in [3.63, 3.8) is 0 Å². The van der Waals surface area contributed by atoms with Crippen LogP contribution in [0, 0.1) is 0 Å². The maximum atomic E-state index is 13.6. The van der Waals surface area contributed by atoms with Crippen LogP contribution in [0.15, 0.2) is 36.4 Å². The van der Waals surface area contributed by atoms with Crippen LogP contribution in [0.25, 0.3) is 0 Å². The van der Waals surface area contributed by atoms with Gasteiger partial charge < -0.3 is 19.3 Å². The molecule has 1 aliphatic carbocycles. The third-order valence-corrected chi connectivity index (χ3v) is 8.13. The molecule has 37 heavy (non-hydrogen) atoms. The van der Waals surface area contributed by atoms with Crippen molar-refractivity contribution in [3.05, 3.63) is 53.1 Å². The Bertz CT molecular complexity index is 1210. The highest BCUT2D eigenvalue weighted by Gasteiger charge is 2.42. The first-order valence-corrected chi connectivity index (χ1v) is 13.5. The molecule has 0 aromatic heterocycles. The number of carbonyl (C=O) groups is 3. The number of ether oxygens (including phenoxy) is 2. The van der Waals surface area contributed by atoms with Crippen LogP contribution >= 0.6 is 0 Å². The predicted octanol–water partition coefficient (Wildman–Crippen LogP) is 4.02. The number of rotatable bonds is 4. The van der Waals surface area contributed by atoms with E-state index in [4.69, 9.17) is 9.47 Å². The van der Waals surface area contributed by atoms with Crippen molar-refractivity contribution >= 4 is 23.4 Å². The van der Waals surface area contributed by atoms with Crippen LogP contribution in [-0.4, -0.2) is 66.5 Å². The molecule has 0 N–H and O–H groups in total. The highest BCUT2D eigenvalue weighted by atomic mass is 16.7. The van der Waals surface area contributed by atoms with Crippen LogP contribution in [-0.2, 0) is 11.2 Å². The number of benzene rings is 2. The molecule has 1 saturated carbocycles. The van der Waals surface area contributed by atoms with Gasteiger partial charge >= 0.3 is 0 Å². The highest BCUT2D eigenvalue weighted by molar-refractivity contribution is 6.24. The van der Waals surface area contributed by atoms with Crippen LogP contribution in [0.3, 0.4) is 0 Å². The van der Waals surface area contributed by atoms with Crippen LogP contribution in [0.1, 0.15) is 71.2 Å². The minimum atomic E-state index is -0.150. The average molecular weight is 504 g/mol. The zero-order chi connectivity index (χ0) is 25.4. The van der Waals surface area contributed by atoms with Crippen molar-refractivity contribution in [2.24, 2.45) is 0 Å². The Hall–Kier alpha value is -3.55. The average Bonchev–Trinajstić information content (AvgIpc) is 3.46. The molecular weight excluding hydrogens is 470 g/mol. The van der Waals surface area contributed by atoms with E-state index in [1.807, 2.05) is 35.2 Å². The number of hydrogen-bond donors (Lipinski definition) is 0. The van der Waals surface area contributed by atoms with Gasteiger partial charge in [-0.3, -0.25) is 19.3 Å². The van der Waals surface area contributed by atoms with Crippen molar-refractivity contribution < 1.29 is 23.9 Å². The summed E-state index contributed by atoms with van der Waals surface area (Å²) >= 11 is 0. The lowest BCUT2D eigenvalue weighted by Crippen LogP contribution is -2.49. The lowest BCUT2D eigenvalue weighted by molar-refractivity contribution is -0.130. The number of anilines is 1. The lowest BCUT2D eigenvalue weighted by atomic mass is 9.95. The van der Waals surface area contributed by atoms with Gasteiger partial charge in [-0.2, -0.15) is 0 Å². The van der Waals surface area contributed by atoms with Crippen molar-refractivity contribution in [3.8, 4) is 11.5 Å². The van der Waals surface area contributed by atoms with Crippen molar-refractivity contribution in [2.75, 3.05) is 37.9 Å². The molecule has 8 heteroatoms. The van der Waals surface area contributed by atoms with Crippen molar-refractivity contribution in [2.45, 2.75) is 57.4 Å². The Kier molecular flexibility index (Phi) is 6.49. The van der Waals surface area contributed by atoms with Crippen LogP contribution in [0.2, 0.25) is 0 Å². The number of fused-ring (bicyclic) bond motifs is 2. The van der Waals surface area contributed by atoms with Gasteiger partial charge in [0.05, 0.1) is 23.2 Å². The van der Waals surface area contributed by atoms with Crippen molar-refractivity contribution in [1.29, 1.82) is 0 Å². The van der Waals surface area contributed by atoms with Crippen LogP contribution < -0.4 is 14.4 Å². The molecule has 2 aromatic carbocycles. The van der Waals surface area contributed by atoms with Gasteiger partial charge in [0, 0.05) is 32.2 Å². The van der Waals surface area contributed by atoms with E-state index in [0.717, 1.165) is 36.9 Å². The first-order valence-electron chi connectivity index (χ1n) is 13.5. The molecule has 1 saturated heterocycles. The lowest BCUT2D eigenvalue weighted by Gasteiger charge is -2.37. The molecule has 2 aromatic rings. The van der Waals surface area contributed by atoms with Crippen LogP contribution in [0.5, 0.6) is 11.5 Å². The van der Waals surface area contributed by atoms with E-state index >= 15 is 0 Å². The van der Waals surface area contributed by atoms with Crippen molar-refractivity contribution in [1.82, 2.24) is 9.80 Å². The summed E-state index contributed by atoms with van der Waals surface area (Å²) in [6.07, 6.45) is 7.80. The summed E-state index contributed by atoms with van der Waals surface area (Å²) in [6.45, 7) is 2.59. The zero-order valence-electron chi connectivity index (χ0n) is 21.1. The number of piperazine rings is 1. The fourth-order valence-electron chi connectivity index (χ4n) is 6.11. The Balaban J connectivity index is 1.13. The fourth-order valence-corrected chi connectivity index (χ4v) is 6.11. The molecule has 8 nitrogen and oxygen atoms in total. The molecule has 194 valence electrons. The molecule has 6 rings (SSSR count). The molecule has 0 radical (unpaired) electrons. The number of carbonyl (C=O) groups excluding carboxylic acids is 3. The molecule has 0 spiro atoms. The standard InChI is InChI=1S/C29H33N3O5/c33-26(18-20-11-12-24-25(17-20)37-19-36-24)31-15-13-30(14-16-31)23-10-6-9-22-27(23)29(35)32(28(22)34)21-7-4-2-1-3-5-8-21/h6,9-12,17,21H,1-5,7-8,13-16,18-19H2. The normalized spacial score (nSPS) is 20.2. The Morgan fingerprint density at radius 1 is 0.838 bits per heavy atom. The first-order chi connectivity index (χ1) is 18.1. The Labute approximate surface area is 217 Å². The zero-order valence-corrected chi connectivity index (χ0v) is 21.1. The number of hydrogen-bond acceptors (Lipinski definition) is 6. The largest absolute Gasteiger partial charge is 0.454 e. The molecule has 0 bridgehead atoms. The number of amides is 3. The van der Waals surface area contributed by atoms with Gasteiger partial charge in [-0.1, -0.05) is 44.2 Å². The van der Waals surface area contributed by atoms with Gasteiger partial charge in [0.25, 0.3) is 11.8 Å². The molecule has 0 unspecified atom stereocenters. The predicted molar refractivity (Wildman–Crippen MR) is 138 cm³/mol. The second-order valence-electron chi connectivity index (χ2n) is 10.4. The van der Waals surface area contributed by atoms with E-state index in [1.54, 1.807) is 11.0 Å². The summed E-state index contributed by atoms with van der Waals surface area (Å²) in [6, 6.07) is 11.2. The SMILES string of the molecule is O=C(Cc1ccc2c(c1)OCO2)N1CCN(c2cccc3c2C(=O)N(C2CCCCCCC2)C3=O)CC1. The van der Waals surface area contributed by atoms with E-state index < -0.39 is 0 Å². The van der Waals surface area contributed by atoms with Gasteiger partial charge in [0.2, 0.25) is 12.7 Å². The van der Waals surface area contributed by atoms with Crippen LogP contribution in [0.4, 0.5) is 5.69 Å². The molecule has 3 aliphatic heterocycles. The maximum Gasteiger partial charge on any atom is 0.263 e. The highest BCUT2D eigenvalue weighted by Crippen LogP contribution is 2.36. The maximum absolute atomic E-state index is 13.6. The van der Waals surface area contributed by atoms with E-state index in [9.17, 15) is 14.4 Å². The summed E-state index contributed by atoms with van der Waals surface area (Å²) in [7, 11) is 0. The summed E-state index contributed by atoms with van der Waals surface area (Å²) in [5.41, 5.74) is 2.77. The summed E-state index contributed by atoms with van der Waals surface area (Å²) in [5, 5.41) is 0. The topological polar surface area (TPSA) is 79.4 Å². The molecule has 4 aliphatic rings. The minimum Gasteiger partial charge on any atom is -0.454 e. The van der Waals surface area contributed by atoms with Gasteiger partial charge in [0.1, 0.15) is 0 Å². The van der Waals surface area contributed by atoms with Gasteiger partial charge in [-0.05, 0) is 42.7 Å². The van der Waals surface area contributed by atoms with E-state index in [-0.39, 0.29) is 30.6 Å². The molecule has 2 fully saturated rings. The number of imide groups is 1. The van der Waals surface area contributed by atoms with E-state index in [2.05, 4.69) is 4.90 Å². The molecular formula is C29H33N3O5. The quantitative estimate of drug-likeness (QED) is 0.587. The molecule has 3 amide bonds. The van der Waals surface area contributed by atoms with Gasteiger partial charge in [0.15, 0.2) is 11.5 Å². The Morgan fingerprint density at radius 3 is 2.35 bits per heavy atom. The van der Waals surface area contributed by atoms with E-state index in [1.165, 1.54) is 19.3 Å². The third kappa shape index (κ3) is 4.54. The molecule has 3 heterocycles. The fraction of sp³-hybridized carbons (Fsp3) is 0.483. The Morgan fingerprint density at radius 2 is 1.57 bits per heavy atom.